The highest BCUT2D eigenvalue weighted by Crippen LogP contribution is 2.28. The number of nitrogens with one attached hydrogen (secondary N) is 1. The highest BCUT2D eigenvalue weighted by molar-refractivity contribution is 5.99. The van der Waals surface area contributed by atoms with Crippen LogP contribution in [-0.4, -0.2) is 65.8 Å². The molecule has 0 amide bonds. The van der Waals surface area contributed by atoms with Crippen molar-refractivity contribution >= 4 is 11.9 Å². The Bertz CT molecular complexity index is 640. The maximum absolute atomic E-state index is 9.87. The Hall–Kier alpha value is -2.44. The van der Waals surface area contributed by atoms with Crippen molar-refractivity contribution in [3.8, 4) is 11.5 Å². The van der Waals surface area contributed by atoms with E-state index in [2.05, 4.69) is 29.1 Å². The van der Waals surface area contributed by atoms with Gasteiger partial charge in [-0.1, -0.05) is 26.0 Å². The summed E-state index contributed by atoms with van der Waals surface area (Å²) in [5, 5.41) is 22.7. The summed E-state index contributed by atoms with van der Waals surface area (Å²) in [6, 6.07) is 4.99. The molecule has 24 heavy (non-hydrogen) atoms. The van der Waals surface area contributed by atoms with Crippen LogP contribution in [0.15, 0.2) is 28.2 Å². The number of nitrogens with zero attached hydrogens (tertiary/aromatic N) is 4. The summed E-state index contributed by atoms with van der Waals surface area (Å²) in [6.07, 6.45) is 0.462. The minimum atomic E-state index is -0.115. The van der Waals surface area contributed by atoms with E-state index >= 15 is 0 Å². The third-order valence-electron chi connectivity index (χ3n) is 3.89. The van der Waals surface area contributed by atoms with Crippen LogP contribution in [0.5, 0.6) is 11.5 Å². The van der Waals surface area contributed by atoms with E-state index in [1.54, 1.807) is 12.1 Å². The molecule has 1 aliphatic rings. The van der Waals surface area contributed by atoms with Crippen LogP contribution in [0.1, 0.15) is 19.4 Å². The second-order valence-electron chi connectivity index (χ2n) is 6.45. The Morgan fingerprint density at radius 1 is 1.25 bits per heavy atom. The maximum Gasteiger partial charge on any atom is 0.204 e. The molecule has 1 aromatic carbocycles. The van der Waals surface area contributed by atoms with Gasteiger partial charge >= 0.3 is 0 Å². The second-order valence-corrected chi connectivity index (χ2v) is 6.45. The minimum absolute atomic E-state index is 0.0613. The van der Waals surface area contributed by atoms with E-state index in [0.29, 0.717) is 24.4 Å². The number of aromatic hydroxyl groups is 2. The summed E-state index contributed by atoms with van der Waals surface area (Å²) in [5.74, 6) is 1.76. The molecule has 3 N–H and O–H groups in total. The summed E-state index contributed by atoms with van der Waals surface area (Å²) in [5.41, 5.74) is 0.698. The zero-order valence-electron chi connectivity index (χ0n) is 15.0. The van der Waals surface area contributed by atoms with Crippen molar-refractivity contribution in [1.82, 2.24) is 15.1 Å². The highest BCUT2D eigenvalue weighted by Gasteiger charge is 2.25. The van der Waals surface area contributed by atoms with Crippen LogP contribution < -0.4 is 5.32 Å². The largest absolute Gasteiger partial charge is 0.504 e. The van der Waals surface area contributed by atoms with Gasteiger partial charge in [-0.2, -0.15) is 0 Å². The lowest BCUT2D eigenvalue weighted by molar-refractivity contribution is 0.399. The van der Waals surface area contributed by atoms with Crippen molar-refractivity contribution in [2.45, 2.75) is 26.4 Å². The summed E-state index contributed by atoms with van der Waals surface area (Å²) in [4.78, 5) is 13.2. The summed E-state index contributed by atoms with van der Waals surface area (Å²) in [7, 11) is 5.84. The van der Waals surface area contributed by atoms with Gasteiger partial charge in [0.2, 0.25) is 11.9 Å². The van der Waals surface area contributed by atoms with Crippen LogP contribution in [0.25, 0.3) is 0 Å². The molecule has 7 nitrogen and oxygen atoms in total. The first-order chi connectivity index (χ1) is 11.3. The van der Waals surface area contributed by atoms with Crippen LogP contribution in [0.4, 0.5) is 0 Å². The summed E-state index contributed by atoms with van der Waals surface area (Å²) in [6.45, 7) is 4.78. The van der Waals surface area contributed by atoms with Gasteiger partial charge in [-0.25, -0.2) is 9.98 Å². The Kier molecular flexibility index (Phi) is 5.54. The predicted octanol–water partition coefficient (Wildman–Crippen LogP) is 1.43. The van der Waals surface area contributed by atoms with Gasteiger partial charge in [-0.3, -0.25) is 4.90 Å². The highest BCUT2D eigenvalue weighted by atomic mass is 16.3. The van der Waals surface area contributed by atoms with Crippen LogP contribution >= 0.6 is 0 Å². The number of phenols is 2. The fourth-order valence-corrected chi connectivity index (χ4v) is 2.51. The average molecular weight is 333 g/mol. The molecule has 1 heterocycles. The minimum Gasteiger partial charge on any atom is -0.504 e. The number of hydrogen-bond acceptors (Lipinski definition) is 7. The molecular formula is C17H27N5O2. The van der Waals surface area contributed by atoms with Gasteiger partial charge in [-0.15, -0.1) is 0 Å². The zero-order valence-corrected chi connectivity index (χ0v) is 15.0. The van der Waals surface area contributed by atoms with Gasteiger partial charge in [0.1, 0.15) is 6.17 Å². The van der Waals surface area contributed by atoms with E-state index in [9.17, 15) is 10.2 Å². The van der Waals surface area contributed by atoms with Crippen LogP contribution in [0, 0.1) is 5.92 Å². The van der Waals surface area contributed by atoms with E-state index in [1.165, 1.54) is 6.07 Å². The van der Waals surface area contributed by atoms with Crippen molar-refractivity contribution in [2.24, 2.45) is 15.9 Å². The van der Waals surface area contributed by atoms with Gasteiger partial charge in [0.15, 0.2) is 11.5 Å². The van der Waals surface area contributed by atoms with E-state index in [4.69, 9.17) is 0 Å². The monoisotopic (exact) mass is 333 g/mol. The Balaban J connectivity index is 2.06. The molecule has 1 aromatic rings. The molecule has 1 atom stereocenters. The lowest BCUT2D eigenvalue weighted by Gasteiger charge is -2.33. The van der Waals surface area contributed by atoms with E-state index in [1.807, 2.05) is 30.9 Å². The van der Waals surface area contributed by atoms with Crippen LogP contribution in [0.2, 0.25) is 0 Å². The molecule has 0 aromatic heterocycles. The van der Waals surface area contributed by atoms with Gasteiger partial charge in [0.05, 0.1) is 0 Å². The number of phenolic OH excluding ortho intramolecular Hbond substituents is 2. The van der Waals surface area contributed by atoms with Gasteiger partial charge in [0.25, 0.3) is 0 Å². The molecule has 2 rings (SSSR count). The fourth-order valence-electron chi connectivity index (χ4n) is 2.51. The standard InChI is InChI=1S/C17H27N5O2/c1-11(2)15-19-16(22(5)17(20-15)21(3)4)18-10-9-12-7-6-8-13(23)14(12)24/h6-8,11,15,23-24H,9-10H2,1-5H3,(H,18,19). The smallest absolute Gasteiger partial charge is 0.204 e. The Morgan fingerprint density at radius 2 is 1.96 bits per heavy atom. The van der Waals surface area contributed by atoms with Crippen molar-refractivity contribution in [2.75, 3.05) is 27.7 Å². The lowest BCUT2D eigenvalue weighted by atomic mass is 10.1. The third-order valence-corrected chi connectivity index (χ3v) is 3.89. The van der Waals surface area contributed by atoms with Crippen LogP contribution in [0.3, 0.4) is 0 Å². The number of aliphatic imine (C=N–C) groups is 2. The van der Waals surface area contributed by atoms with E-state index < -0.39 is 0 Å². The molecule has 0 spiro atoms. The topological polar surface area (TPSA) is 83.7 Å². The van der Waals surface area contributed by atoms with Crippen molar-refractivity contribution < 1.29 is 10.2 Å². The maximum atomic E-state index is 9.87. The fraction of sp³-hybridized carbons (Fsp3) is 0.529. The molecule has 0 bridgehead atoms. The van der Waals surface area contributed by atoms with Gasteiger partial charge in [0, 0.05) is 27.7 Å². The van der Waals surface area contributed by atoms with Gasteiger partial charge < -0.3 is 20.4 Å². The van der Waals surface area contributed by atoms with Gasteiger partial charge in [-0.05, 0) is 24.0 Å². The number of rotatable bonds is 4. The molecule has 0 saturated carbocycles. The Morgan fingerprint density at radius 3 is 2.58 bits per heavy atom. The van der Waals surface area contributed by atoms with Crippen LogP contribution in [-0.2, 0) is 6.42 Å². The summed E-state index contributed by atoms with van der Waals surface area (Å²) >= 11 is 0. The molecular weight excluding hydrogens is 306 g/mol. The van der Waals surface area contributed by atoms with E-state index in [-0.39, 0.29) is 17.7 Å². The molecule has 7 heteroatoms. The summed E-state index contributed by atoms with van der Waals surface area (Å²) < 4.78 is 0. The zero-order chi connectivity index (χ0) is 17.9. The predicted molar refractivity (Wildman–Crippen MR) is 96.4 cm³/mol. The number of guanidine groups is 2. The van der Waals surface area contributed by atoms with Crippen molar-refractivity contribution in [3.05, 3.63) is 23.8 Å². The molecule has 1 aliphatic heterocycles. The molecule has 0 saturated heterocycles. The number of benzene rings is 1. The normalized spacial score (nSPS) is 17.6. The second kappa shape index (κ2) is 7.42. The lowest BCUT2D eigenvalue weighted by Crippen LogP contribution is -2.51. The SMILES string of the molecule is CC(C)C1N=C(NCCc2cccc(O)c2O)N(C)C(N(C)C)=N1. The first-order valence-corrected chi connectivity index (χ1v) is 8.11. The third kappa shape index (κ3) is 3.90. The average Bonchev–Trinajstić information content (AvgIpc) is 2.52. The Labute approximate surface area is 143 Å². The van der Waals surface area contributed by atoms with E-state index in [0.717, 1.165) is 11.9 Å². The first kappa shape index (κ1) is 17.9. The molecule has 0 fully saturated rings. The quantitative estimate of drug-likeness (QED) is 0.726. The number of para-hydroxylation sites is 1. The molecule has 132 valence electrons. The molecule has 0 radical (unpaired) electrons. The van der Waals surface area contributed by atoms with Crippen molar-refractivity contribution in [1.29, 1.82) is 0 Å². The number of hydrogen-bond donors (Lipinski definition) is 3. The van der Waals surface area contributed by atoms with Crippen molar-refractivity contribution in [3.63, 3.8) is 0 Å². The molecule has 0 aliphatic carbocycles. The molecule has 1 unspecified atom stereocenters. The first-order valence-electron chi connectivity index (χ1n) is 8.11.